The molecule has 2 nitrogen and oxygen atoms in total. The molecule has 1 aromatic heterocycles. The summed E-state index contributed by atoms with van der Waals surface area (Å²) in [6.45, 7) is 4.30. The summed E-state index contributed by atoms with van der Waals surface area (Å²) in [6, 6.07) is 8.62. The van der Waals surface area contributed by atoms with Crippen LogP contribution in [-0.2, 0) is 12.8 Å². The Kier molecular flexibility index (Phi) is 3.79. The Balaban J connectivity index is 2.23. The maximum atomic E-state index is 5.80. The lowest BCUT2D eigenvalue weighted by atomic mass is 10.1. The molecule has 17 heavy (non-hydrogen) atoms. The molecule has 0 unspecified atom stereocenters. The minimum atomic E-state index is 0.691. The Morgan fingerprint density at radius 3 is 2.88 bits per heavy atom. The molecule has 0 aliphatic rings. The van der Waals surface area contributed by atoms with E-state index in [-0.39, 0.29) is 0 Å². The van der Waals surface area contributed by atoms with Crippen LogP contribution in [0.4, 0.5) is 5.13 Å². The van der Waals surface area contributed by atoms with Gasteiger partial charge in [-0.15, -0.1) is 11.3 Å². The average Bonchev–Trinajstić information content (AvgIpc) is 2.59. The fraction of sp³-hybridized carbons (Fsp3) is 0.357. The highest BCUT2D eigenvalue weighted by atomic mass is 32.1. The molecule has 3 heteroatoms. The summed E-state index contributed by atoms with van der Waals surface area (Å²) >= 11 is 1.62. The van der Waals surface area contributed by atoms with E-state index in [4.69, 9.17) is 5.73 Å². The van der Waals surface area contributed by atoms with Crippen molar-refractivity contribution in [1.82, 2.24) is 4.98 Å². The van der Waals surface area contributed by atoms with E-state index < -0.39 is 0 Å². The van der Waals surface area contributed by atoms with Crippen LogP contribution >= 0.6 is 11.3 Å². The largest absolute Gasteiger partial charge is 0.375 e. The minimum absolute atomic E-state index is 0.691. The Bertz CT molecular complexity index is 503. The maximum absolute atomic E-state index is 5.80. The maximum Gasteiger partial charge on any atom is 0.180 e. The van der Waals surface area contributed by atoms with Crippen molar-refractivity contribution in [2.24, 2.45) is 0 Å². The Hall–Kier alpha value is -1.35. The molecule has 0 fully saturated rings. The van der Waals surface area contributed by atoms with Crippen molar-refractivity contribution in [2.45, 2.75) is 33.1 Å². The van der Waals surface area contributed by atoms with E-state index in [2.05, 4.69) is 43.1 Å². The number of hydrogen-bond donors (Lipinski definition) is 1. The summed E-state index contributed by atoms with van der Waals surface area (Å²) in [5.41, 5.74) is 9.62. The third-order valence-electron chi connectivity index (χ3n) is 2.73. The van der Waals surface area contributed by atoms with Crippen molar-refractivity contribution in [3.8, 4) is 0 Å². The monoisotopic (exact) mass is 246 g/mol. The SMILES string of the molecule is CCCc1nc(N)sc1Cc1cccc(C)c1. The molecule has 0 aliphatic heterocycles. The van der Waals surface area contributed by atoms with Crippen molar-refractivity contribution in [3.63, 3.8) is 0 Å². The zero-order valence-electron chi connectivity index (χ0n) is 10.4. The molecule has 0 aliphatic carbocycles. The summed E-state index contributed by atoms with van der Waals surface area (Å²) in [5.74, 6) is 0. The summed E-state index contributed by atoms with van der Waals surface area (Å²) in [5, 5.41) is 0.691. The van der Waals surface area contributed by atoms with Crippen LogP contribution in [0.5, 0.6) is 0 Å². The van der Waals surface area contributed by atoms with Crippen LogP contribution in [0.2, 0.25) is 0 Å². The second-order valence-corrected chi connectivity index (χ2v) is 5.45. The summed E-state index contributed by atoms with van der Waals surface area (Å²) in [6.07, 6.45) is 3.09. The number of benzene rings is 1. The van der Waals surface area contributed by atoms with Crippen molar-refractivity contribution < 1.29 is 0 Å². The molecule has 2 aromatic rings. The molecule has 2 rings (SSSR count). The van der Waals surface area contributed by atoms with Gasteiger partial charge in [0.15, 0.2) is 5.13 Å². The van der Waals surface area contributed by atoms with Gasteiger partial charge in [0.25, 0.3) is 0 Å². The van der Waals surface area contributed by atoms with E-state index in [1.807, 2.05) is 0 Å². The molecular formula is C14H18N2S. The van der Waals surface area contributed by atoms with Crippen molar-refractivity contribution in [1.29, 1.82) is 0 Å². The van der Waals surface area contributed by atoms with E-state index in [1.54, 1.807) is 11.3 Å². The molecule has 0 saturated heterocycles. The van der Waals surface area contributed by atoms with Crippen LogP contribution in [-0.4, -0.2) is 4.98 Å². The first-order valence-corrected chi connectivity index (χ1v) is 6.80. The standard InChI is InChI=1S/C14H18N2S/c1-3-5-12-13(17-14(15)16-12)9-11-7-4-6-10(2)8-11/h4,6-8H,3,5,9H2,1-2H3,(H2,15,16). The summed E-state index contributed by atoms with van der Waals surface area (Å²) in [7, 11) is 0. The predicted octanol–water partition coefficient (Wildman–Crippen LogP) is 3.58. The molecule has 0 bridgehead atoms. The smallest absolute Gasteiger partial charge is 0.180 e. The predicted molar refractivity (Wildman–Crippen MR) is 74.5 cm³/mol. The molecule has 1 heterocycles. The van der Waals surface area contributed by atoms with E-state index in [1.165, 1.54) is 21.7 Å². The van der Waals surface area contributed by atoms with Gasteiger partial charge >= 0.3 is 0 Å². The second-order valence-electron chi connectivity index (χ2n) is 4.34. The van der Waals surface area contributed by atoms with Crippen LogP contribution in [0.1, 0.15) is 35.0 Å². The first kappa shape index (κ1) is 12.1. The number of nitrogen functional groups attached to an aromatic ring is 1. The molecule has 0 saturated carbocycles. The van der Waals surface area contributed by atoms with Gasteiger partial charge in [-0.05, 0) is 18.9 Å². The average molecular weight is 246 g/mol. The van der Waals surface area contributed by atoms with Gasteiger partial charge in [0.2, 0.25) is 0 Å². The van der Waals surface area contributed by atoms with E-state index in [9.17, 15) is 0 Å². The van der Waals surface area contributed by atoms with Crippen LogP contribution in [0, 0.1) is 6.92 Å². The lowest BCUT2D eigenvalue weighted by Gasteiger charge is -2.02. The molecule has 0 amide bonds. The number of nitrogens with zero attached hydrogens (tertiary/aromatic N) is 1. The number of thiazole rings is 1. The first-order valence-electron chi connectivity index (χ1n) is 5.98. The van der Waals surface area contributed by atoms with Crippen LogP contribution in [0.15, 0.2) is 24.3 Å². The number of hydrogen-bond acceptors (Lipinski definition) is 3. The number of rotatable bonds is 4. The van der Waals surface area contributed by atoms with Gasteiger partial charge in [-0.25, -0.2) is 4.98 Å². The lowest BCUT2D eigenvalue weighted by molar-refractivity contribution is 0.879. The van der Waals surface area contributed by atoms with Gasteiger partial charge < -0.3 is 5.73 Å². The number of nitrogens with two attached hydrogens (primary N) is 1. The van der Waals surface area contributed by atoms with Crippen molar-refractivity contribution in [3.05, 3.63) is 46.0 Å². The third-order valence-corrected chi connectivity index (χ3v) is 3.66. The quantitative estimate of drug-likeness (QED) is 0.895. The molecular weight excluding hydrogens is 228 g/mol. The molecule has 1 aromatic carbocycles. The van der Waals surface area contributed by atoms with E-state index in [0.717, 1.165) is 19.3 Å². The highest BCUT2D eigenvalue weighted by molar-refractivity contribution is 7.15. The normalized spacial score (nSPS) is 10.7. The highest BCUT2D eigenvalue weighted by Crippen LogP contribution is 2.24. The fourth-order valence-corrected chi connectivity index (χ4v) is 2.89. The molecule has 0 radical (unpaired) electrons. The summed E-state index contributed by atoms with van der Waals surface area (Å²) in [4.78, 5) is 5.73. The van der Waals surface area contributed by atoms with Gasteiger partial charge in [0, 0.05) is 11.3 Å². The highest BCUT2D eigenvalue weighted by Gasteiger charge is 2.09. The van der Waals surface area contributed by atoms with Gasteiger partial charge in [0.1, 0.15) is 0 Å². The third kappa shape index (κ3) is 3.07. The molecule has 0 atom stereocenters. The lowest BCUT2D eigenvalue weighted by Crippen LogP contribution is -1.93. The minimum Gasteiger partial charge on any atom is -0.375 e. The zero-order chi connectivity index (χ0) is 12.3. The Morgan fingerprint density at radius 1 is 1.35 bits per heavy atom. The van der Waals surface area contributed by atoms with Gasteiger partial charge in [0.05, 0.1) is 5.69 Å². The van der Waals surface area contributed by atoms with E-state index >= 15 is 0 Å². The van der Waals surface area contributed by atoms with Gasteiger partial charge in [-0.2, -0.15) is 0 Å². The van der Waals surface area contributed by atoms with Crippen molar-refractivity contribution in [2.75, 3.05) is 5.73 Å². The fourth-order valence-electron chi connectivity index (χ4n) is 1.98. The summed E-state index contributed by atoms with van der Waals surface area (Å²) < 4.78 is 0. The van der Waals surface area contributed by atoms with Crippen LogP contribution in [0.3, 0.4) is 0 Å². The van der Waals surface area contributed by atoms with Gasteiger partial charge in [-0.3, -0.25) is 0 Å². The molecule has 2 N–H and O–H groups in total. The van der Waals surface area contributed by atoms with Crippen molar-refractivity contribution >= 4 is 16.5 Å². The number of aryl methyl sites for hydroxylation is 2. The van der Waals surface area contributed by atoms with Crippen LogP contribution < -0.4 is 5.73 Å². The Labute approximate surface area is 107 Å². The Morgan fingerprint density at radius 2 is 2.18 bits per heavy atom. The number of aromatic nitrogens is 1. The zero-order valence-corrected chi connectivity index (χ0v) is 11.2. The van der Waals surface area contributed by atoms with Gasteiger partial charge in [-0.1, -0.05) is 43.2 Å². The molecule has 90 valence electrons. The first-order chi connectivity index (χ1) is 8.19. The van der Waals surface area contributed by atoms with E-state index in [0.29, 0.717) is 5.13 Å². The molecule has 0 spiro atoms. The second kappa shape index (κ2) is 5.32. The topological polar surface area (TPSA) is 38.9 Å². The number of anilines is 1. The van der Waals surface area contributed by atoms with Crippen LogP contribution in [0.25, 0.3) is 0 Å².